The molecule has 5 heteroatoms. The molecule has 0 aliphatic carbocycles. The van der Waals surface area contributed by atoms with E-state index in [1.54, 1.807) is 4.90 Å². The van der Waals surface area contributed by atoms with E-state index >= 15 is 0 Å². The van der Waals surface area contributed by atoms with Gasteiger partial charge < -0.3 is 10.2 Å². The molecule has 0 saturated heterocycles. The van der Waals surface area contributed by atoms with Gasteiger partial charge in [0.05, 0.1) is 13.1 Å². The Hall–Kier alpha value is -1.10. The Balaban J connectivity index is 3.61. The fourth-order valence-corrected chi connectivity index (χ4v) is 1.44. The van der Waals surface area contributed by atoms with Crippen molar-refractivity contribution < 1.29 is 9.59 Å². The van der Waals surface area contributed by atoms with E-state index in [9.17, 15) is 9.59 Å². The molecule has 0 fully saturated rings. The van der Waals surface area contributed by atoms with Gasteiger partial charge in [-0.1, -0.05) is 13.3 Å². The highest BCUT2D eigenvalue weighted by atomic mass is 16.2. The molecule has 0 rings (SSSR count). The maximum Gasteiger partial charge on any atom is 0.236 e. The normalized spacial score (nSPS) is 10.1. The monoisotopic (exact) mass is 243 g/mol. The first-order chi connectivity index (χ1) is 8.15. The van der Waals surface area contributed by atoms with Crippen LogP contribution >= 0.6 is 0 Å². The number of nitrogens with zero attached hydrogens (tertiary/aromatic N) is 1. The maximum atomic E-state index is 11.6. The Labute approximate surface area is 104 Å². The number of likely N-dealkylation sites (N-methyl/N-ethyl adjacent to an activating group) is 1. The fourth-order valence-electron chi connectivity index (χ4n) is 1.44. The van der Waals surface area contributed by atoms with Gasteiger partial charge in [0.1, 0.15) is 0 Å². The number of amides is 2. The van der Waals surface area contributed by atoms with Crippen LogP contribution in [0.1, 0.15) is 33.6 Å². The molecule has 2 N–H and O–H groups in total. The highest BCUT2D eigenvalue weighted by Gasteiger charge is 2.09. The van der Waals surface area contributed by atoms with Gasteiger partial charge in [-0.05, 0) is 20.3 Å². The number of rotatable bonds is 9. The molecule has 0 bridgehead atoms. The lowest BCUT2D eigenvalue weighted by molar-refractivity contribution is -0.129. The standard InChI is InChI=1S/C12H25N3O2/c1-4-7-8-14-11(16)9-13-10-12(17)15(5-2)6-3/h13H,4-10H2,1-3H3,(H,14,16). The third kappa shape index (κ3) is 7.74. The van der Waals surface area contributed by atoms with E-state index < -0.39 is 0 Å². The van der Waals surface area contributed by atoms with E-state index in [1.165, 1.54) is 0 Å². The van der Waals surface area contributed by atoms with Crippen LogP contribution in [-0.4, -0.2) is 49.4 Å². The summed E-state index contributed by atoms with van der Waals surface area (Å²) >= 11 is 0. The topological polar surface area (TPSA) is 61.4 Å². The summed E-state index contributed by atoms with van der Waals surface area (Å²) in [5.41, 5.74) is 0. The molecule has 0 aromatic rings. The Morgan fingerprint density at radius 3 is 2.24 bits per heavy atom. The molecule has 100 valence electrons. The predicted molar refractivity (Wildman–Crippen MR) is 68.7 cm³/mol. The number of carbonyl (C=O) groups is 2. The van der Waals surface area contributed by atoms with Crippen molar-refractivity contribution >= 4 is 11.8 Å². The maximum absolute atomic E-state index is 11.6. The van der Waals surface area contributed by atoms with Crippen LogP contribution in [0.15, 0.2) is 0 Å². The number of unbranched alkanes of at least 4 members (excludes halogenated alkanes) is 1. The molecular formula is C12H25N3O2. The zero-order chi connectivity index (χ0) is 13.1. The second-order valence-corrected chi connectivity index (χ2v) is 3.87. The molecule has 0 saturated carbocycles. The quantitative estimate of drug-likeness (QED) is 0.575. The Kier molecular flexibility index (Phi) is 9.43. The summed E-state index contributed by atoms with van der Waals surface area (Å²) in [5, 5.41) is 5.65. The van der Waals surface area contributed by atoms with E-state index in [-0.39, 0.29) is 24.9 Å². The average Bonchev–Trinajstić information content (AvgIpc) is 2.31. The highest BCUT2D eigenvalue weighted by Crippen LogP contribution is 1.87. The first-order valence-electron chi connectivity index (χ1n) is 6.40. The van der Waals surface area contributed by atoms with Gasteiger partial charge in [0.25, 0.3) is 0 Å². The smallest absolute Gasteiger partial charge is 0.236 e. The van der Waals surface area contributed by atoms with Gasteiger partial charge in [-0.3, -0.25) is 14.9 Å². The predicted octanol–water partition coefficient (Wildman–Crippen LogP) is 0.361. The third-order valence-electron chi connectivity index (χ3n) is 2.53. The van der Waals surface area contributed by atoms with Crippen LogP contribution in [-0.2, 0) is 9.59 Å². The molecule has 0 aliphatic rings. The largest absolute Gasteiger partial charge is 0.355 e. The van der Waals surface area contributed by atoms with E-state index in [2.05, 4.69) is 17.6 Å². The van der Waals surface area contributed by atoms with E-state index in [4.69, 9.17) is 0 Å². The number of hydrogen-bond acceptors (Lipinski definition) is 3. The molecule has 0 atom stereocenters. The van der Waals surface area contributed by atoms with E-state index in [0.29, 0.717) is 19.6 Å². The minimum atomic E-state index is -0.0502. The average molecular weight is 243 g/mol. The molecule has 0 aliphatic heterocycles. The van der Waals surface area contributed by atoms with Crippen LogP contribution < -0.4 is 10.6 Å². The van der Waals surface area contributed by atoms with Crippen LogP contribution in [0.25, 0.3) is 0 Å². The lowest BCUT2D eigenvalue weighted by atomic mass is 10.3. The summed E-state index contributed by atoms with van der Waals surface area (Å²) in [6, 6.07) is 0. The van der Waals surface area contributed by atoms with Crippen molar-refractivity contribution in [1.29, 1.82) is 0 Å². The molecule has 0 radical (unpaired) electrons. The van der Waals surface area contributed by atoms with Crippen LogP contribution in [0.5, 0.6) is 0 Å². The van der Waals surface area contributed by atoms with Crippen LogP contribution in [0.2, 0.25) is 0 Å². The number of nitrogens with one attached hydrogen (secondary N) is 2. The lowest BCUT2D eigenvalue weighted by Crippen LogP contribution is -2.41. The summed E-state index contributed by atoms with van der Waals surface area (Å²) in [5.74, 6) is -0.0119. The number of hydrogen-bond donors (Lipinski definition) is 2. The van der Waals surface area contributed by atoms with Crippen molar-refractivity contribution in [3.63, 3.8) is 0 Å². The van der Waals surface area contributed by atoms with Crippen molar-refractivity contribution in [2.75, 3.05) is 32.7 Å². The summed E-state index contributed by atoms with van der Waals surface area (Å²) < 4.78 is 0. The Bertz CT molecular complexity index is 228. The van der Waals surface area contributed by atoms with Crippen molar-refractivity contribution in [2.45, 2.75) is 33.6 Å². The van der Waals surface area contributed by atoms with Crippen LogP contribution in [0, 0.1) is 0 Å². The third-order valence-corrected chi connectivity index (χ3v) is 2.53. The second kappa shape index (κ2) is 10.1. The number of carbonyl (C=O) groups excluding carboxylic acids is 2. The SMILES string of the molecule is CCCCNC(=O)CNCC(=O)N(CC)CC. The zero-order valence-electron chi connectivity index (χ0n) is 11.2. The minimum Gasteiger partial charge on any atom is -0.355 e. The summed E-state index contributed by atoms with van der Waals surface area (Å²) in [4.78, 5) is 24.6. The Morgan fingerprint density at radius 2 is 1.71 bits per heavy atom. The second-order valence-electron chi connectivity index (χ2n) is 3.87. The lowest BCUT2D eigenvalue weighted by Gasteiger charge is -2.18. The molecule has 2 amide bonds. The molecule has 0 unspecified atom stereocenters. The molecular weight excluding hydrogens is 218 g/mol. The van der Waals surface area contributed by atoms with E-state index in [0.717, 1.165) is 12.8 Å². The first kappa shape index (κ1) is 15.9. The van der Waals surface area contributed by atoms with Gasteiger partial charge in [-0.2, -0.15) is 0 Å². The molecule has 0 aromatic carbocycles. The molecule has 0 spiro atoms. The summed E-state index contributed by atoms with van der Waals surface area (Å²) in [6.07, 6.45) is 2.05. The fraction of sp³-hybridized carbons (Fsp3) is 0.833. The van der Waals surface area contributed by atoms with Gasteiger partial charge in [0.15, 0.2) is 0 Å². The van der Waals surface area contributed by atoms with Crippen molar-refractivity contribution in [3.8, 4) is 0 Å². The molecule has 0 heterocycles. The van der Waals surface area contributed by atoms with Gasteiger partial charge in [-0.25, -0.2) is 0 Å². The molecule has 0 aromatic heterocycles. The zero-order valence-corrected chi connectivity index (χ0v) is 11.2. The molecule has 17 heavy (non-hydrogen) atoms. The van der Waals surface area contributed by atoms with Gasteiger partial charge in [0.2, 0.25) is 11.8 Å². The Morgan fingerprint density at radius 1 is 1.06 bits per heavy atom. The van der Waals surface area contributed by atoms with Gasteiger partial charge >= 0.3 is 0 Å². The van der Waals surface area contributed by atoms with Crippen molar-refractivity contribution in [1.82, 2.24) is 15.5 Å². The van der Waals surface area contributed by atoms with Gasteiger partial charge in [-0.15, -0.1) is 0 Å². The first-order valence-corrected chi connectivity index (χ1v) is 6.40. The van der Waals surface area contributed by atoms with E-state index in [1.807, 2.05) is 13.8 Å². The van der Waals surface area contributed by atoms with Gasteiger partial charge in [0, 0.05) is 19.6 Å². The summed E-state index contributed by atoms with van der Waals surface area (Å²) in [7, 11) is 0. The highest BCUT2D eigenvalue weighted by molar-refractivity contribution is 5.81. The minimum absolute atomic E-state index is 0.0383. The van der Waals surface area contributed by atoms with Crippen LogP contribution in [0.4, 0.5) is 0 Å². The van der Waals surface area contributed by atoms with Crippen molar-refractivity contribution in [2.24, 2.45) is 0 Å². The van der Waals surface area contributed by atoms with Crippen LogP contribution in [0.3, 0.4) is 0 Å². The van der Waals surface area contributed by atoms with Crippen molar-refractivity contribution in [3.05, 3.63) is 0 Å². The summed E-state index contributed by atoms with van der Waals surface area (Å²) in [6.45, 7) is 8.52. The molecule has 5 nitrogen and oxygen atoms in total.